The smallest absolute Gasteiger partial charge is 0.338 e. The third-order valence-electron chi connectivity index (χ3n) is 13.3. The van der Waals surface area contributed by atoms with E-state index in [0.717, 1.165) is 61.0 Å². The number of benzene rings is 2. The van der Waals surface area contributed by atoms with Crippen molar-refractivity contribution >= 4 is 5.97 Å². The summed E-state index contributed by atoms with van der Waals surface area (Å²) in [6, 6.07) is 19.5. The van der Waals surface area contributed by atoms with Crippen LogP contribution in [0.15, 0.2) is 60.7 Å². The van der Waals surface area contributed by atoms with Gasteiger partial charge in [-0.25, -0.2) is 4.79 Å². The monoisotopic (exact) mass is 614 g/mol. The quantitative estimate of drug-likeness (QED) is 0.187. The van der Waals surface area contributed by atoms with Gasteiger partial charge in [-0.15, -0.1) is 0 Å². The first-order valence-electron chi connectivity index (χ1n) is 18.2. The molecule has 10 unspecified atom stereocenters. The van der Waals surface area contributed by atoms with Crippen LogP contribution in [-0.2, 0) is 9.47 Å². The zero-order chi connectivity index (χ0) is 31.6. The van der Waals surface area contributed by atoms with E-state index >= 15 is 0 Å². The van der Waals surface area contributed by atoms with E-state index in [-0.39, 0.29) is 30.4 Å². The Morgan fingerprint density at radius 1 is 0.800 bits per heavy atom. The molecule has 0 bridgehead atoms. The number of fused-ring (bicyclic) bond motifs is 5. The van der Waals surface area contributed by atoms with E-state index in [9.17, 15) is 4.79 Å². The van der Waals surface area contributed by atoms with E-state index in [4.69, 9.17) is 14.2 Å². The number of carbonyl (C=O) groups excluding carboxylic acids is 1. The summed E-state index contributed by atoms with van der Waals surface area (Å²) in [5.74, 6) is 5.66. The molecule has 45 heavy (non-hydrogen) atoms. The van der Waals surface area contributed by atoms with Crippen molar-refractivity contribution in [1.29, 1.82) is 0 Å². The Bertz CT molecular complexity index is 1240. The Hall–Kier alpha value is -2.33. The molecule has 4 fully saturated rings. The van der Waals surface area contributed by atoms with Crippen molar-refractivity contribution in [1.82, 2.24) is 0 Å². The normalized spacial score (nSPS) is 36.4. The van der Waals surface area contributed by atoms with Crippen LogP contribution in [0.1, 0.15) is 116 Å². The van der Waals surface area contributed by atoms with Gasteiger partial charge < -0.3 is 14.2 Å². The van der Waals surface area contributed by atoms with E-state index in [1.807, 2.05) is 60.7 Å². The van der Waals surface area contributed by atoms with Crippen molar-refractivity contribution in [3.8, 4) is 5.75 Å². The number of para-hydroxylation sites is 1. The molecule has 0 N–H and O–H groups in total. The summed E-state index contributed by atoms with van der Waals surface area (Å²) in [4.78, 5) is 13.1. The van der Waals surface area contributed by atoms with E-state index in [0.29, 0.717) is 22.8 Å². The van der Waals surface area contributed by atoms with Crippen molar-refractivity contribution in [2.24, 2.45) is 52.3 Å². The molecule has 0 radical (unpaired) electrons. The van der Waals surface area contributed by atoms with Crippen LogP contribution < -0.4 is 4.74 Å². The summed E-state index contributed by atoms with van der Waals surface area (Å²) in [7, 11) is 0. The molecule has 4 aliphatic rings. The van der Waals surface area contributed by atoms with E-state index in [1.54, 1.807) is 0 Å². The largest absolute Gasteiger partial charge is 0.468 e. The highest BCUT2D eigenvalue weighted by atomic mass is 16.7. The van der Waals surface area contributed by atoms with Crippen LogP contribution in [0, 0.1) is 52.3 Å². The lowest BCUT2D eigenvalue weighted by atomic mass is 9.43. The van der Waals surface area contributed by atoms with Crippen LogP contribution in [0.4, 0.5) is 0 Å². The molecule has 0 aliphatic heterocycles. The van der Waals surface area contributed by atoms with Crippen molar-refractivity contribution in [2.75, 3.05) is 6.79 Å². The summed E-state index contributed by atoms with van der Waals surface area (Å²) in [6.45, 7) is 12.8. The maximum atomic E-state index is 13.1. The van der Waals surface area contributed by atoms with Crippen LogP contribution in [0.2, 0.25) is 0 Å². The molecule has 0 spiro atoms. The minimum Gasteiger partial charge on any atom is -0.468 e. The Morgan fingerprint density at radius 2 is 1.49 bits per heavy atom. The maximum Gasteiger partial charge on any atom is 0.338 e. The molecule has 0 heterocycles. The van der Waals surface area contributed by atoms with E-state index in [1.165, 1.54) is 44.9 Å². The number of rotatable bonds is 11. The topological polar surface area (TPSA) is 44.8 Å². The van der Waals surface area contributed by atoms with Crippen LogP contribution in [0.3, 0.4) is 0 Å². The Morgan fingerprint density at radius 3 is 2.22 bits per heavy atom. The van der Waals surface area contributed by atoms with Gasteiger partial charge in [0.25, 0.3) is 0 Å². The molecule has 10 atom stereocenters. The van der Waals surface area contributed by atoms with Gasteiger partial charge in [0, 0.05) is 0 Å². The second kappa shape index (κ2) is 13.8. The van der Waals surface area contributed by atoms with Gasteiger partial charge in [-0.05, 0) is 128 Å². The third-order valence-corrected chi connectivity index (χ3v) is 13.3. The average Bonchev–Trinajstić information content (AvgIpc) is 3.39. The van der Waals surface area contributed by atoms with Gasteiger partial charge in [0.15, 0.2) is 6.79 Å². The van der Waals surface area contributed by atoms with Crippen LogP contribution in [0.5, 0.6) is 5.75 Å². The maximum absolute atomic E-state index is 13.1. The number of hydrogen-bond donors (Lipinski definition) is 0. The van der Waals surface area contributed by atoms with Crippen molar-refractivity contribution in [2.45, 2.75) is 117 Å². The minimum atomic E-state index is -0.198. The molecule has 4 nitrogen and oxygen atoms in total. The number of carbonyl (C=O) groups is 1. The Balaban J connectivity index is 1.20. The zero-order valence-electron chi connectivity index (χ0n) is 28.6. The molecule has 4 aliphatic carbocycles. The zero-order valence-corrected chi connectivity index (χ0v) is 28.6. The predicted octanol–water partition coefficient (Wildman–Crippen LogP) is 10.4. The molecule has 0 amide bonds. The fourth-order valence-electron chi connectivity index (χ4n) is 11.0. The molecule has 246 valence electrons. The fourth-order valence-corrected chi connectivity index (χ4v) is 11.0. The van der Waals surface area contributed by atoms with Gasteiger partial charge in [0.1, 0.15) is 11.9 Å². The van der Waals surface area contributed by atoms with Crippen LogP contribution in [-0.4, -0.2) is 25.0 Å². The van der Waals surface area contributed by atoms with Gasteiger partial charge in [-0.2, -0.15) is 0 Å². The number of hydrogen-bond acceptors (Lipinski definition) is 4. The van der Waals surface area contributed by atoms with Crippen molar-refractivity contribution in [3.05, 3.63) is 66.2 Å². The first-order valence-corrected chi connectivity index (χ1v) is 18.2. The lowest BCUT2D eigenvalue weighted by molar-refractivity contribution is -0.199. The molecule has 2 aromatic rings. The summed E-state index contributed by atoms with van der Waals surface area (Å²) in [5.41, 5.74) is 1.27. The van der Waals surface area contributed by atoms with Crippen LogP contribution >= 0.6 is 0 Å². The highest BCUT2D eigenvalue weighted by Crippen LogP contribution is 2.68. The van der Waals surface area contributed by atoms with Crippen molar-refractivity contribution in [3.63, 3.8) is 0 Å². The first-order chi connectivity index (χ1) is 21.7. The summed E-state index contributed by atoms with van der Waals surface area (Å²) >= 11 is 0. The average molecular weight is 615 g/mol. The highest BCUT2D eigenvalue weighted by Gasteiger charge is 2.63. The molecule has 2 aromatic carbocycles. The van der Waals surface area contributed by atoms with E-state index < -0.39 is 0 Å². The molecule has 0 saturated heterocycles. The summed E-state index contributed by atoms with van der Waals surface area (Å²) in [5, 5.41) is 0. The Labute approximate surface area is 273 Å². The van der Waals surface area contributed by atoms with E-state index in [2.05, 4.69) is 34.6 Å². The number of ether oxygens (including phenoxy) is 3. The predicted molar refractivity (Wildman–Crippen MR) is 181 cm³/mol. The van der Waals surface area contributed by atoms with Gasteiger partial charge in [0.05, 0.1) is 11.7 Å². The van der Waals surface area contributed by atoms with Crippen LogP contribution in [0.25, 0.3) is 0 Å². The molecule has 6 rings (SSSR count). The standard InChI is InChI=1S/C41H58O4/c1-28(2)13-12-14-29(3)34-19-20-35-33-26-38(44-27-43-31-17-10-7-11-18-31)37-25-32(45-39(42)30-15-8-6-9-16-30)21-23-41(37,5)36(33)22-24-40(34,35)4/h6-11,15-18,28-29,32-38H,12-14,19-27H2,1-5H3. The second-order valence-corrected chi connectivity index (χ2v) is 16.2. The number of esters is 1. The second-order valence-electron chi connectivity index (χ2n) is 16.2. The first kappa shape index (κ1) is 32.6. The van der Waals surface area contributed by atoms with Gasteiger partial charge in [-0.1, -0.05) is 90.3 Å². The summed E-state index contributed by atoms with van der Waals surface area (Å²) < 4.78 is 19.1. The molecule has 4 saturated carbocycles. The summed E-state index contributed by atoms with van der Waals surface area (Å²) in [6.07, 6.45) is 13.7. The lowest BCUT2D eigenvalue weighted by Crippen LogP contribution is -2.59. The van der Waals surface area contributed by atoms with Crippen molar-refractivity contribution < 1.29 is 19.0 Å². The molecule has 0 aromatic heterocycles. The van der Waals surface area contributed by atoms with Gasteiger partial charge in [0.2, 0.25) is 0 Å². The molecular weight excluding hydrogens is 556 g/mol. The lowest BCUT2D eigenvalue weighted by Gasteiger charge is -2.63. The van der Waals surface area contributed by atoms with Gasteiger partial charge in [-0.3, -0.25) is 0 Å². The SMILES string of the molecule is CC(C)CCCC(C)C1CCC2C3CC(OCOc4ccccc4)C4CC(OC(=O)c5ccccc5)CCC4(C)C3CCC12C. The molecule has 4 heteroatoms. The Kier molecular flexibility index (Phi) is 10.00. The molecular formula is C41H58O4. The highest BCUT2D eigenvalue weighted by molar-refractivity contribution is 5.89. The fraction of sp³-hybridized carbons (Fsp3) is 0.683. The van der Waals surface area contributed by atoms with Gasteiger partial charge >= 0.3 is 5.97 Å². The minimum absolute atomic E-state index is 0.0649. The third kappa shape index (κ3) is 6.74.